The van der Waals surface area contributed by atoms with Crippen LogP contribution < -0.4 is 0 Å². The van der Waals surface area contributed by atoms with E-state index in [4.69, 9.17) is 0 Å². The number of nitrogens with zero attached hydrogens (tertiary/aromatic N) is 1. The minimum Gasteiger partial charge on any atom is -0.342 e. The summed E-state index contributed by atoms with van der Waals surface area (Å²) in [5, 5.41) is 0. The zero-order chi connectivity index (χ0) is 15.5. The van der Waals surface area contributed by atoms with E-state index in [0.29, 0.717) is 5.41 Å². The second-order valence-corrected chi connectivity index (χ2v) is 8.81. The fourth-order valence-corrected chi connectivity index (χ4v) is 6.72. The van der Waals surface area contributed by atoms with Crippen LogP contribution in [0.1, 0.15) is 65.2 Å². The standard InChI is InChI=1S/C20H29NO/c1-19-10-4-5-16(19)15-6-7-18-20(2,17(15)9-11-19)12-8-14(13-22)21(18)3/h7,15-17H,4-6,8-12H2,1-3H3/t15-,16-,17-,19-,20+/m0/s1. The first-order valence-corrected chi connectivity index (χ1v) is 9.18. The molecule has 0 amide bonds. The Kier molecular flexibility index (Phi) is 3.14. The molecule has 1 heterocycles. The topological polar surface area (TPSA) is 20.3 Å². The molecule has 0 N–H and O–H groups in total. The highest BCUT2D eigenvalue weighted by Crippen LogP contribution is 2.64. The Morgan fingerprint density at radius 2 is 2.00 bits per heavy atom. The van der Waals surface area contributed by atoms with Crippen molar-refractivity contribution in [2.75, 3.05) is 7.05 Å². The molecule has 22 heavy (non-hydrogen) atoms. The molecule has 2 saturated carbocycles. The third-order valence-electron chi connectivity index (χ3n) is 7.97. The number of rotatable bonds is 0. The number of carbonyl (C=O) groups excluding carboxylic acids is 1. The smallest absolute Gasteiger partial charge is 0.146 e. The van der Waals surface area contributed by atoms with Crippen LogP contribution in [0.2, 0.25) is 0 Å². The van der Waals surface area contributed by atoms with Crippen LogP contribution in [-0.2, 0) is 4.79 Å². The van der Waals surface area contributed by atoms with Crippen LogP contribution in [0.25, 0.3) is 0 Å². The van der Waals surface area contributed by atoms with E-state index in [2.05, 4.69) is 37.8 Å². The van der Waals surface area contributed by atoms with Gasteiger partial charge in [0.05, 0.1) is 0 Å². The van der Waals surface area contributed by atoms with Gasteiger partial charge < -0.3 is 4.90 Å². The third kappa shape index (κ3) is 1.77. The number of fused-ring (bicyclic) bond motifs is 5. The molecule has 4 aliphatic rings. The number of hydrogen-bond acceptors (Lipinski definition) is 2. The van der Waals surface area contributed by atoms with Crippen LogP contribution in [0.4, 0.5) is 0 Å². The molecule has 0 aromatic carbocycles. The Labute approximate surface area is 134 Å². The molecule has 1 aliphatic heterocycles. The zero-order valence-electron chi connectivity index (χ0n) is 14.3. The van der Waals surface area contributed by atoms with Gasteiger partial charge in [0.1, 0.15) is 11.6 Å². The SMILES string of the molecule is CN1C(=C=O)CC[C@@]2(C)C1=CC[C@H]1[C@@H]3CCC[C@@]3(C)CC[C@@H]12. The second-order valence-electron chi connectivity index (χ2n) is 8.81. The molecule has 0 aromatic heterocycles. The van der Waals surface area contributed by atoms with Gasteiger partial charge in [-0.25, -0.2) is 4.79 Å². The lowest BCUT2D eigenvalue weighted by molar-refractivity contribution is -0.0331. The van der Waals surface area contributed by atoms with E-state index in [0.717, 1.165) is 36.3 Å². The molecule has 0 bridgehead atoms. The summed E-state index contributed by atoms with van der Waals surface area (Å²) < 4.78 is 0. The zero-order valence-corrected chi connectivity index (χ0v) is 14.3. The van der Waals surface area contributed by atoms with Crippen molar-refractivity contribution in [1.82, 2.24) is 4.90 Å². The Hall–Kier alpha value is -1.01. The van der Waals surface area contributed by atoms with E-state index in [1.54, 1.807) is 0 Å². The van der Waals surface area contributed by atoms with Gasteiger partial charge in [-0.3, -0.25) is 0 Å². The lowest BCUT2D eigenvalue weighted by Gasteiger charge is -2.58. The van der Waals surface area contributed by atoms with Crippen molar-refractivity contribution < 1.29 is 4.79 Å². The van der Waals surface area contributed by atoms with E-state index in [1.807, 2.05) is 0 Å². The van der Waals surface area contributed by atoms with Gasteiger partial charge in [0.15, 0.2) is 0 Å². The maximum atomic E-state index is 11.2. The van der Waals surface area contributed by atoms with Gasteiger partial charge in [-0.15, -0.1) is 0 Å². The van der Waals surface area contributed by atoms with Crippen molar-refractivity contribution in [3.8, 4) is 0 Å². The van der Waals surface area contributed by atoms with Crippen molar-refractivity contribution in [1.29, 1.82) is 0 Å². The van der Waals surface area contributed by atoms with E-state index < -0.39 is 0 Å². The molecular formula is C20H29NO. The van der Waals surface area contributed by atoms with Crippen LogP contribution in [0, 0.1) is 28.6 Å². The average molecular weight is 299 g/mol. The van der Waals surface area contributed by atoms with Crippen LogP contribution in [0.5, 0.6) is 0 Å². The van der Waals surface area contributed by atoms with Gasteiger partial charge >= 0.3 is 0 Å². The van der Waals surface area contributed by atoms with Gasteiger partial charge in [0.2, 0.25) is 0 Å². The number of allylic oxidation sites excluding steroid dienone is 3. The molecule has 120 valence electrons. The summed E-state index contributed by atoms with van der Waals surface area (Å²) >= 11 is 0. The van der Waals surface area contributed by atoms with Crippen molar-refractivity contribution in [2.45, 2.75) is 65.2 Å². The molecule has 3 fully saturated rings. The Morgan fingerprint density at radius 3 is 2.77 bits per heavy atom. The van der Waals surface area contributed by atoms with E-state index in [-0.39, 0.29) is 5.41 Å². The molecule has 0 spiro atoms. The van der Waals surface area contributed by atoms with Gasteiger partial charge in [0.25, 0.3) is 0 Å². The summed E-state index contributed by atoms with van der Waals surface area (Å²) in [5.74, 6) is 4.81. The predicted molar refractivity (Wildman–Crippen MR) is 88.7 cm³/mol. The predicted octanol–water partition coefficient (Wildman–Crippen LogP) is 4.55. The minimum absolute atomic E-state index is 0.280. The highest BCUT2D eigenvalue weighted by Gasteiger charge is 2.56. The first kappa shape index (κ1) is 14.6. The maximum Gasteiger partial charge on any atom is 0.146 e. The van der Waals surface area contributed by atoms with Crippen molar-refractivity contribution in [3.05, 3.63) is 17.5 Å². The molecule has 2 nitrogen and oxygen atoms in total. The fourth-order valence-electron chi connectivity index (χ4n) is 6.72. The first-order valence-electron chi connectivity index (χ1n) is 9.18. The normalized spacial score (nSPS) is 47.2. The summed E-state index contributed by atoms with van der Waals surface area (Å²) in [5.41, 5.74) is 3.17. The van der Waals surface area contributed by atoms with E-state index >= 15 is 0 Å². The summed E-state index contributed by atoms with van der Waals surface area (Å²) in [6.45, 7) is 5.04. The largest absolute Gasteiger partial charge is 0.342 e. The molecular weight excluding hydrogens is 270 g/mol. The molecule has 0 radical (unpaired) electrons. The van der Waals surface area contributed by atoms with Crippen LogP contribution in [-0.4, -0.2) is 17.9 Å². The van der Waals surface area contributed by atoms with Crippen molar-refractivity contribution in [2.24, 2.45) is 28.6 Å². The van der Waals surface area contributed by atoms with Crippen LogP contribution in [0.3, 0.4) is 0 Å². The molecule has 2 heteroatoms. The molecule has 0 unspecified atom stereocenters. The number of likely N-dealkylation sites (tertiary alicyclic amines) is 1. The monoisotopic (exact) mass is 299 g/mol. The first-order chi connectivity index (χ1) is 10.5. The lowest BCUT2D eigenvalue weighted by atomic mass is 9.50. The summed E-state index contributed by atoms with van der Waals surface area (Å²) in [6, 6.07) is 0. The van der Waals surface area contributed by atoms with Gasteiger partial charge in [0, 0.05) is 18.2 Å². The second kappa shape index (κ2) is 4.74. The van der Waals surface area contributed by atoms with Crippen LogP contribution >= 0.6 is 0 Å². The van der Waals surface area contributed by atoms with Crippen molar-refractivity contribution in [3.63, 3.8) is 0 Å². The number of hydrogen-bond donors (Lipinski definition) is 0. The molecule has 1 saturated heterocycles. The highest BCUT2D eigenvalue weighted by molar-refractivity contribution is 5.54. The van der Waals surface area contributed by atoms with Crippen molar-refractivity contribution >= 4 is 5.94 Å². The third-order valence-corrected chi connectivity index (χ3v) is 7.97. The minimum atomic E-state index is 0.280. The number of piperidine rings is 1. The molecule has 4 rings (SSSR count). The Bertz CT molecular complexity index is 572. The molecule has 0 aromatic rings. The van der Waals surface area contributed by atoms with E-state index in [1.165, 1.54) is 44.2 Å². The van der Waals surface area contributed by atoms with Gasteiger partial charge in [-0.05, 0) is 68.1 Å². The lowest BCUT2D eigenvalue weighted by Crippen LogP contribution is -2.51. The summed E-state index contributed by atoms with van der Waals surface area (Å²) in [6.07, 6.45) is 12.9. The average Bonchev–Trinajstić information content (AvgIpc) is 2.89. The quantitative estimate of drug-likeness (QED) is 0.611. The fraction of sp³-hybridized carbons (Fsp3) is 0.800. The van der Waals surface area contributed by atoms with Gasteiger partial charge in [-0.1, -0.05) is 26.3 Å². The summed E-state index contributed by atoms with van der Waals surface area (Å²) in [7, 11) is 2.08. The molecule has 3 aliphatic carbocycles. The maximum absolute atomic E-state index is 11.2. The summed E-state index contributed by atoms with van der Waals surface area (Å²) in [4.78, 5) is 13.4. The van der Waals surface area contributed by atoms with E-state index in [9.17, 15) is 4.79 Å². The van der Waals surface area contributed by atoms with Crippen LogP contribution in [0.15, 0.2) is 17.5 Å². The molecule has 5 atom stereocenters. The highest BCUT2D eigenvalue weighted by atomic mass is 16.1. The Balaban J connectivity index is 1.72. The Morgan fingerprint density at radius 1 is 1.18 bits per heavy atom. The van der Waals surface area contributed by atoms with Gasteiger partial charge in [-0.2, -0.15) is 0 Å².